The number of unbranched alkanes of at least 4 members (excludes halogenated alkanes) is 3. The van der Waals surface area contributed by atoms with Crippen molar-refractivity contribution in [2.24, 2.45) is 0 Å². The number of H-pyrrole nitrogens is 1. The van der Waals surface area contributed by atoms with Crippen molar-refractivity contribution in [3.8, 4) is 5.75 Å². The third kappa shape index (κ3) is 4.99. The lowest BCUT2D eigenvalue weighted by atomic mass is 10.1. The maximum atomic E-state index is 12.1. The number of halogens is 1. The van der Waals surface area contributed by atoms with Gasteiger partial charge < -0.3 is 14.6 Å². The number of likely N-dealkylation sites (N-methyl/N-ethyl adjacent to an activating group) is 1. The number of rotatable bonds is 9. The summed E-state index contributed by atoms with van der Waals surface area (Å²) in [7, 11) is 4.06. The number of aromatic nitrogens is 1. The van der Waals surface area contributed by atoms with Gasteiger partial charge in [0.2, 0.25) is 0 Å². The Labute approximate surface area is 149 Å². The monoisotopic (exact) mass is 350 g/mol. The summed E-state index contributed by atoms with van der Waals surface area (Å²) < 4.78 is 5.64. The van der Waals surface area contributed by atoms with Crippen LogP contribution in [-0.4, -0.2) is 36.5 Å². The van der Waals surface area contributed by atoms with Gasteiger partial charge in [-0.05, 0) is 39.1 Å². The highest BCUT2D eigenvalue weighted by Gasteiger charge is 2.16. The van der Waals surface area contributed by atoms with Gasteiger partial charge in [0.1, 0.15) is 10.9 Å². The molecule has 132 valence electrons. The molecule has 5 heteroatoms. The van der Waals surface area contributed by atoms with Gasteiger partial charge in [-0.3, -0.25) is 4.79 Å². The molecule has 24 heavy (non-hydrogen) atoms. The topological polar surface area (TPSA) is 45.3 Å². The molecular weight excluding hydrogens is 324 g/mol. The molecule has 0 spiro atoms. The Morgan fingerprint density at radius 1 is 1.25 bits per heavy atom. The number of nitrogens with one attached hydrogen (secondary N) is 1. The number of esters is 1. The molecule has 0 atom stereocenters. The number of nitrogens with zero attached hydrogens (tertiary/aromatic N) is 1. The first-order valence-electron chi connectivity index (χ1n) is 8.67. The number of benzene rings is 1. The van der Waals surface area contributed by atoms with Crippen LogP contribution in [0.1, 0.15) is 44.6 Å². The van der Waals surface area contributed by atoms with Crippen LogP contribution in [0.15, 0.2) is 18.2 Å². The number of ether oxygens (including phenoxy) is 1. The quantitative estimate of drug-likeness (QED) is 0.401. The van der Waals surface area contributed by atoms with Gasteiger partial charge >= 0.3 is 5.97 Å². The van der Waals surface area contributed by atoms with Crippen LogP contribution in [0.5, 0.6) is 5.75 Å². The van der Waals surface area contributed by atoms with Crippen LogP contribution < -0.4 is 4.74 Å². The average Bonchev–Trinajstić information content (AvgIpc) is 2.86. The third-order valence-electron chi connectivity index (χ3n) is 4.10. The summed E-state index contributed by atoms with van der Waals surface area (Å²) in [4.78, 5) is 17.4. The van der Waals surface area contributed by atoms with E-state index in [4.69, 9.17) is 16.3 Å². The van der Waals surface area contributed by atoms with Crippen LogP contribution in [0, 0.1) is 0 Å². The van der Waals surface area contributed by atoms with Crippen molar-refractivity contribution in [3.63, 3.8) is 0 Å². The fourth-order valence-corrected chi connectivity index (χ4v) is 3.07. The molecule has 0 radical (unpaired) electrons. The summed E-state index contributed by atoms with van der Waals surface area (Å²) in [5.74, 6) is 0.430. The summed E-state index contributed by atoms with van der Waals surface area (Å²) >= 11 is 6.36. The van der Waals surface area contributed by atoms with Crippen molar-refractivity contribution in [2.45, 2.75) is 45.4 Å². The average molecular weight is 351 g/mol. The Bertz CT molecular complexity index is 679. The van der Waals surface area contributed by atoms with Gasteiger partial charge in [0, 0.05) is 23.9 Å². The first-order valence-corrected chi connectivity index (χ1v) is 9.05. The lowest BCUT2D eigenvalue weighted by molar-refractivity contribution is -0.134. The van der Waals surface area contributed by atoms with E-state index in [1.54, 1.807) is 0 Å². The summed E-state index contributed by atoms with van der Waals surface area (Å²) in [6.07, 6.45) is 5.53. The summed E-state index contributed by atoms with van der Waals surface area (Å²) in [5, 5.41) is 1.55. The maximum Gasteiger partial charge on any atom is 0.311 e. The van der Waals surface area contributed by atoms with E-state index in [0.717, 1.165) is 55.1 Å². The molecule has 2 rings (SSSR count). The number of aromatic amines is 1. The normalized spacial score (nSPS) is 11.4. The Morgan fingerprint density at radius 3 is 2.75 bits per heavy atom. The SMILES string of the molecule is CCCCCCC(=O)Oc1cccc2[nH]c(Cl)c(CCN(C)C)c12. The van der Waals surface area contributed by atoms with E-state index in [1.807, 2.05) is 32.3 Å². The number of fused-ring (bicyclic) bond motifs is 1. The molecule has 0 aliphatic heterocycles. The zero-order chi connectivity index (χ0) is 17.5. The van der Waals surface area contributed by atoms with E-state index in [0.29, 0.717) is 17.3 Å². The van der Waals surface area contributed by atoms with E-state index in [1.165, 1.54) is 0 Å². The zero-order valence-electron chi connectivity index (χ0n) is 14.8. The summed E-state index contributed by atoms with van der Waals surface area (Å²) in [6.45, 7) is 3.04. The molecule has 0 fully saturated rings. The highest BCUT2D eigenvalue weighted by molar-refractivity contribution is 6.32. The fourth-order valence-electron chi connectivity index (χ4n) is 2.77. The van der Waals surface area contributed by atoms with Gasteiger partial charge in [0.05, 0.1) is 5.52 Å². The Balaban J connectivity index is 2.15. The standard InChI is InChI=1S/C19H27ClN2O2/c1-4-5-6-7-11-17(23)24-16-10-8-9-15-18(16)14(19(20)21-15)12-13-22(2)3/h8-10,21H,4-7,11-13H2,1-3H3. The molecule has 1 N–H and O–H groups in total. The van der Waals surface area contributed by atoms with E-state index in [-0.39, 0.29) is 5.97 Å². The van der Waals surface area contributed by atoms with Crippen LogP contribution in [0.2, 0.25) is 5.15 Å². The summed E-state index contributed by atoms with van der Waals surface area (Å²) in [5.41, 5.74) is 1.92. The molecule has 0 bridgehead atoms. The smallest absolute Gasteiger partial charge is 0.311 e. The van der Waals surface area contributed by atoms with Crippen molar-refractivity contribution >= 4 is 28.5 Å². The Hall–Kier alpha value is -1.52. The van der Waals surface area contributed by atoms with Gasteiger partial charge in [0.25, 0.3) is 0 Å². The molecule has 1 aromatic heterocycles. The van der Waals surface area contributed by atoms with Gasteiger partial charge in [-0.2, -0.15) is 0 Å². The zero-order valence-corrected chi connectivity index (χ0v) is 15.6. The lowest BCUT2D eigenvalue weighted by Gasteiger charge is -2.11. The van der Waals surface area contributed by atoms with Crippen LogP contribution >= 0.6 is 11.6 Å². The number of hydrogen-bond acceptors (Lipinski definition) is 3. The van der Waals surface area contributed by atoms with E-state index >= 15 is 0 Å². The molecule has 1 heterocycles. The largest absolute Gasteiger partial charge is 0.426 e. The van der Waals surface area contributed by atoms with Crippen molar-refractivity contribution in [1.29, 1.82) is 0 Å². The molecule has 0 aliphatic rings. The molecule has 0 saturated heterocycles. The Morgan fingerprint density at radius 2 is 2.04 bits per heavy atom. The minimum absolute atomic E-state index is 0.172. The van der Waals surface area contributed by atoms with Crippen LogP contribution in [-0.2, 0) is 11.2 Å². The number of hydrogen-bond donors (Lipinski definition) is 1. The van der Waals surface area contributed by atoms with Gasteiger partial charge in [-0.15, -0.1) is 0 Å². The minimum atomic E-state index is -0.172. The van der Waals surface area contributed by atoms with E-state index in [9.17, 15) is 4.79 Å². The number of carbonyl (C=O) groups is 1. The van der Waals surface area contributed by atoms with Crippen LogP contribution in [0.4, 0.5) is 0 Å². The molecular formula is C19H27ClN2O2. The maximum absolute atomic E-state index is 12.1. The second-order valence-electron chi connectivity index (χ2n) is 6.43. The predicted octanol–water partition coefficient (Wildman–Crippen LogP) is 4.80. The fraction of sp³-hybridized carbons (Fsp3) is 0.526. The third-order valence-corrected chi connectivity index (χ3v) is 4.43. The first kappa shape index (κ1) is 18.8. The minimum Gasteiger partial charge on any atom is -0.426 e. The van der Waals surface area contributed by atoms with Gasteiger partial charge in [0.15, 0.2) is 0 Å². The van der Waals surface area contributed by atoms with Crippen molar-refractivity contribution in [3.05, 3.63) is 28.9 Å². The molecule has 0 unspecified atom stereocenters. The van der Waals surface area contributed by atoms with E-state index < -0.39 is 0 Å². The van der Waals surface area contributed by atoms with Crippen molar-refractivity contribution in [1.82, 2.24) is 9.88 Å². The first-order chi connectivity index (χ1) is 11.5. The van der Waals surface area contributed by atoms with Crippen molar-refractivity contribution < 1.29 is 9.53 Å². The van der Waals surface area contributed by atoms with Crippen molar-refractivity contribution in [2.75, 3.05) is 20.6 Å². The highest BCUT2D eigenvalue weighted by atomic mass is 35.5. The predicted molar refractivity (Wildman–Crippen MR) is 100.0 cm³/mol. The number of carbonyl (C=O) groups excluding carboxylic acids is 1. The molecule has 4 nitrogen and oxygen atoms in total. The van der Waals surface area contributed by atoms with Crippen LogP contribution in [0.25, 0.3) is 10.9 Å². The van der Waals surface area contributed by atoms with E-state index in [2.05, 4.69) is 16.8 Å². The van der Waals surface area contributed by atoms with Gasteiger partial charge in [-0.25, -0.2) is 0 Å². The Kier molecular flexibility index (Phi) is 7.13. The molecule has 0 amide bonds. The lowest BCUT2D eigenvalue weighted by Crippen LogP contribution is -2.15. The molecule has 0 saturated carbocycles. The molecule has 0 aliphatic carbocycles. The molecule has 1 aromatic carbocycles. The van der Waals surface area contributed by atoms with Gasteiger partial charge in [-0.1, -0.05) is 43.9 Å². The highest BCUT2D eigenvalue weighted by Crippen LogP contribution is 2.34. The van der Waals surface area contributed by atoms with Crippen LogP contribution in [0.3, 0.4) is 0 Å². The second kappa shape index (κ2) is 9.09. The summed E-state index contributed by atoms with van der Waals surface area (Å²) in [6, 6.07) is 5.68. The molecule has 2 aromatic rings. The second-order valence-corrected chi connectivity index (χ2v) is 6.81.